The lowest BCUT2D eigenvalue weighted by Gasteiger charge is -2.29. The summed E-state index contributed by atoms with van der Waals surface area (Å²) in [6.45, 7) is 3.20. The van der Waals surface area contributed by atoms with Gasteiger partial charge in [0.1, 0.15) is 6.07 Å². The van der Waals surface area contributed by atoms with Crippen molar-refractivity contribution in [1.29, 1.82) is 5.26 Å². The maximum absolute atomic E-state index is 13.7. The van der Waals surface area contributed by atoms with Gasteiger partial charge in [0, 0.05) is 56.5 Å². The van der Waals surface area contributed by atoms with Crippen LogP contribution in [0, 0.1) is 11.3 Å². The van der Waals surface area contributed by atoms with E-state index in [0.29, 0.717) is 24.5 Å². The van der Waals surface area contributed by atoms with Gasteiger partial charge in [0.2, 0.25) is 0 Å². The molecule has 204 valence electrons. The molecule has 2 amide bonds. The third-order valence-electron chi connectivity index (χ3n) is 6.57. The number of nitriles is 1. The van der Waals surface area contributed by atoms with Crippen molar-refractivity contribution in [1.82, 2.24) is 19.7 Å². The molecule has 0 saturated heterocycles. The normalized spacial score (nSPS) is 11.2. The zero-order chi connectivity index (χ0) is 28.3. The van der Waals surface area contributed by atoms with E-state index in [1.807, 2.05) is 86.0 Å². The number of nitrogens with zero attached hydrogens (tertiary/aromatic N) is 7. The second-order valence-electron chi connectivity index (χ2n) is 9.77. The second-order valence-corrected chi connectivity index (χ2v) is 9.77. The number of hydrogen-bond donors (Lipinski definition) is 0. The molecule has 0 unspecified atom stereocenters. The first-order chi connectivity index (χ1) is 19.5. The van der Waals surface area contributed by atoms with Crippen molar-refractivity contribution >= 4 is 23.2 Å². The van der Waals surface area contributed by atoms with Crippen LogP contribution < -0.4 is 4.90 Å². The van der Waals surface area contributed by atoms with Crippen molar-refractivity contribution in [3.05, 3.63) is 96.4 Å². The molecule has 0 bridgehead atoms. The molecule has 4 rings (SSSR count). The van der Waals surface area contributed by atoms with Crippen LogP contribution >= 0.6 is 0 Å². The summed E-state index contributed by atoms with van der Waals surface area (Å²) in [6, 6.07) is 23.6. The first-order valence-corrected chi connectivity index (χ1v) is 13.5. The second kappa shape index (κ2) is 13.9. The summed E-state index contributed by atoms with van der Waals surface area (Å²) < 4.78 is 1.78. The fraction of sp³-hybridized carbons (Fsp3) is 0.281. The summed E-state index contributed by atoms with van der Waals surface area (Å²) in [5, 5.41) is 13.3. The molecule has 0 atom stereocenters. The minimum Gasteiger partial charge on any atom is -0.323 e. The van der Waals surface area contributed by atoms with Crippen LogP contribution in [0.25, 0.3) is 11.1 Å². The number of aryl methyl sites for hydroxylation is 1. The van der Waals surface area contributed by atoms with E-state index in [1.165, 1.54) is 0 Å². The first kappa shape index (κ1) is 28.2. The van der Waals surface area contributed by atoms with E-state index in [2.05, 4.69) is 23.1 Å². The van der Waals surface area contributed by atoms with Crippen molar-refractivity contribution in [2.24, 2.45) is 12.0 Å². The van der Waals surface area contributed by atoms with Crippen molar-refractivity contribution in [2.75, 3.05) is 18.5 Å². The lowest BCUT2D eigenvalue weighted by Crippen LogP contribution is -2.41. The van der Waals surface area contributed by atoms with E-state index in [9.17, 15) is 4.79 Å². The molecular weight excluding hydrogens is 498 g/mol. The van der Waals surface area contributed by atoms with Gasteiger partial charge in [-0.2, -0.15) is 10.4 Å². The van der Waals surface area contributed by atoms with Crippen molar-refractivity contribution in [3.63, 3.8) is 0 Å². The molecule has 0 aliphatic heterocycles. The van der Waals surface area contributed by atoms with Gasteiger partial charge < -0.3 is 4.90 Å². The smallest absolute Gasteiger partial charge is 0.323 e. The van der Waals surface area contributed by atoms with Gasteiger partial charge >= 0.3 is 6.03 Å². The third-order valence-corrected chi connectivity index (χ3v) is 6.57. The highest BCUT2D eigenvalue weighted by molar-refractivity contribution is 5.92. The summed E-state index contributed by atoms with van der Waals surface area (Å²) in [4.78, 5) is 26.4. The van der Waals surface area contributed by atoms with Gasteiger partial charge in [-0.05, 0) is 54.7 Å². The predicted molar refractivity (Wildman–Crippen MR) is 159 cm³/mol. The maximum Gasteiger partial charge on any atom is 0.324 e. The standard InChI is InChI=1S/C32H35N7O/c1-4-9-29(36-31-18-13-26(20-33)21-34-31)12-8-19-39(32(40)37(2)23-25-10-6-5-7-11-25)30-16-14-27(15-17-30)28-22-35-38(3)24-28/h5-7,10-11,13-18,21-22,24H,4,8-9,12,19,23H2,1-3H3/b36-29-. The van der Waals surface area contributed by atoms with E-state index in [4.69, 9.17) is 10.3 Å². The predicted octanol–water partition coefficient (Wildman–Crippen LogP) is 6.77. The van der Waals surface area contributed by atoms with E-state index in [0.717, 1.165) is 53.8 Å². The van der Waals surface area contributed by atoms with Gasteiger partial charge in [0.25, 0.3) is 0 Å². The fourth-order valence-electron chi connectivity index (χ4n) is 4.52. The number of benzene rings is 2. The number of carbonyl (C=O) groups excluding carboxylic acids is 1. The number of hydrogen-bond acceptors (Lipinski definition) is 5. The van der Waals surface area contributed by atoms with Crippen LogP contribution in [0.3, 0.4) is 0 Å². The Bertz CT molecular complexity index is 1450. The Morgan fingerprint density at radius 1 is 1.00 bits per heavy atom. The van der Waals surface area contributed by atoms with Crippen LogP contribution in [0.4, 0.5) is 16.3 Å². The van der Waals surface area contributed by atoms with Gasteiger partial charge in [0.05, 0.1) is 11.8 Å². The molecule has 2 heterocycles. The van der Waals surface area contributed by atoms with E-state index in [-0.39, 0.29) is 6.03 Å². The summed E-state index contributed by atoms with van der Waals surface area (Å²) in [6.07, 6.45) is 8.67. The molecule has 8 nitrogen and oxygen atoms in total. The zero-order valence-corrected chi connectivity index (χ0v) is 23.4. The minimum absolute atomic E-state index is 0.0549. The number of urea groups is 1. The maximum atomic E-state index is 13.7. The number of rotatable bonds is 11. The van der Waals surface area contributed by atoms with Crippen LogP contribution in [-0.2, 0) is 13.6 Å². The Kier molecular flexibility index (Phi) is 9.78. The third kappa shape index (κ3) is 7.64. The number of aliphatic imine (C=N–C) groups is 1. The summed E-state index contributed by atoms with van der Waals surface area (Å²) in [5.74, 6) is 0.601. The minimum atomic E-state index is -0.0549. The molecule has 0 spiro atoms. The molecule has 4 aromatic rings. The number of pyridine rings is 1. The van der Waals surface area contributed by atoms with Gasteiger partial charge in [-0.15, -0.1) is 0 Å². The molecule has 2 aromatic heterocycles. The summed E-state index contributed by atoms with van der Waals surface area (Å²) in [5.41, 5.74) is 5.56. The van der Waals surface area contributed by atoms with Crippen molar-refractivity contribution in [2.45, 2.75) is 39.2 Å². The Morgan fingerprint density at radius 3 is 2.40 bits per heavy atom. The lowest BCUT2D eigenvalue weighted by atomic mass is 10.1. The molecule has 0 aliphatic carbocycles. The Balaban J connectivity index is 1.51. The fourth-order valence-corrected chi connectivity index (χ4v) is 4.52. The molecule has 2 aromatic carbocycles. The lowest BCUT2D eigenvalue weighted by molar-refractivity contribution is 0.213. The van der Waals surface area contributed by atoms with Crippen LogP contribution in [0.1, 0.15) is 43.7 Å². The van der Waals surface area contributed by atoms with Crippen LogP contribution in [0.5, 0.6) is 0 Å². The molecule has 8 heteroatoms. The Labute approximate surface area is 236 Å². The molecule has 0 saturated carbocycles. The largest absolute Gasteiger partial charge is 0.324 e. The Hall–Kier alpha value is -4.77. The van der Waals surface area contributed by atoms with E-state index >= 15 is 0 Å². The zero-order valence-electron chi connectivity index (χ0n) is 23.4. The topological polar surface area (TPSA) is 90.4 Å². The highest BCUT2D eigenvalue weighted by Gasteiger charge is 2.20. The number of anilines is 1. The van der Waals surface area contributed by atoms with Crippen molar-refractivity contribution in [3.8, 4) is 17.2 Å². The molecule has 0 fully saturated rings. The van der Waals surface area contributed by atoms with E-state index < -0.39 is 0 Å². The van der Waals surface area contributed by atoms with Gasteiger partial charge in [0.15, 0.2) is 5.82 Å². The first-order valence-electron chi connectivity index (χ1n) is 13.5. The quantitative estimate of drug-likeness (QED) is 0.199. The number of aromatic nitrogens is 3. The van der Waals surface area contributed by atoms with Crippen LogP contribution in [0.15, 0.2) is 90.3 Å². The van der Waals surface area contributed by atoms with Crippen LogP contribution in [0.2, 0.25) is 0 Å². The monoisotopic (exact) mass is 533 g/mol. The number of carbonyl (C=O) groups is 1. The van der Waals surface area contributed by atoms with Crippen LogP contribution in [-0.4, -0.2) is 45.0 Å². The number of amides is 2. The molecule has 0 aliphatic rings. The van der Waals surface area contributed by atoms with Crippen molar-refractivity contribution < 1.29 is 4.79 Å². The SMILES string of the molecule is CCC/C(CCCN(C(=O)N(C)Cc1ccccc1)c1ccc(-c2cnn(C)c2)cc1)=N/c1ccc(C#N)cn1. The molecular formula is C32H35N7O. The average Bonchev–Trinajstić information content (AvgIpc) is 3.42. The highest BCUT2D eigenvalue weighted by Crippen LogP contribution is 2.24. The van der Waals surface area contributed by atoms with Gasteiger partial charge in [-0.25, -0.2) is 14.8 Å². The van der Waals surface area contributed by atoms with Gasteiger partial charge in [-0.1, -0.05) is 55.8 Å². The summed E-state index contributed by atoms with van der Waals surface area (Å²) in [7, 11) is 3.74. The molecule has 40 heavy (non-hydrogen) atoms. The molecule has 0 N–H and O–H groups in total. The highest BCUT2D eigenvalue weighted by atomic mass is 16.2. The molecule has 0 radical (unpaired) electrons. The summed E-state index contributed by atoms with van der Waals surface area (Å²) >= 11 is 0. The van der Waals surface area contributed by atoms with Gasteiger partial charge in [-0.3, -0.25) is 9.58 Å². The average molecular weight is 534 g/mol. The van der Waals surface area contributed by atoms with E-state index in [1.54, 1.807) is 27.9 Å². The Morgan fingerprint density at radius 2 is 1.77 bits per heavy atom.